The molecule has 2 aromatic carbocycles. The van der Waals surface area contributed by atoms with Crippen molar-refractivity contribution in [2.24, 2.45) is 0 Å². The van der Waals surface area contributed by atoms with Crippen molar-refractivity contribution < 1.29 is 17.6 Å². The summed E-state index contributed by atoms with van der Waals surface area (Å²) in [4.78, 5) is 0.531. The fourth-order valence-corrected chi connectivity index (χ4v) is 4.36. The van der Waals surface area contributed by atoms with Crippen molar-refractivity contribution in [3.63, 3.8) is 0 Å². The molecule has 0 aliphatic carbocycles. The number of sulfone groups is 1. The van der Waals surface area contributed by atoms with Crippen LogP contribution in [0, 0.1) is 0 Å². The molecule has 124 valence electrons. The number of nitrogens with one attached hydrogen (secondary N) is 1. The van der Waals surface area contributed by atoms with Crippen molar-refractivity contribution in [3.8, 4) is 5.75 Å². The lowest BCUT2D eigenvalue weighted by molar-refractivity contribution is 0.414. The standard InChI is InChI=1S/C18H17NO4S/c1-22-12-2-4-13(5-3-12)24(20,21)14-6-7-17-16(10-14)15-8-9-19-11-18(15)23-17/h2-7,10,19H,8-9,11H2,1H3. The van der Waals surface area contributed by atoms with E-state index in [0.29, 0.717) is 12.3 Å². The predicted molar refractivity (Wildman–Crippen MR) is 90.1 cm³/mol. The smallest absolute Gasteiger partial charge is 0.206 e. The molecule has 1 aromatic heterocycles. The Bertz CT molecular complexity index is 1000. The van der Waals surface area contributed by atoms with E-state index < -0.39 is 9.84 Å². The molecule has 6 heteroatoms. The van der Waals surface area contributed by atoms with E-state index in [1.165, 1.54) is 0 Å². The number of hydrogen-bond acceptors (Lipinski definition) is 5. The number of methoxy groups -OCH3 is 1. The van der Waals surface area contributed by atoms with Crippen LogP contribution in [-0.4, -0.2) is 22.1 Å². The second-order valence-electron chi connectivity index (χ2n) is 5.77. The lowest BCUT2D eigenvalue weighted by Gasteiger charge is -2.11. The Balaban J connectivity index is 1.82. The second-order valence-corrected chi connectivity index (χ2v) is 7.72. The number of ether oxygens (including phenoxy) is 1. The Kier molecular flexibility index (Phi) is 3.58. The third kappa shape index (κ3) is 2.39. The first kappa shape index (κ1) is 15.2. The zero-order valence-corrected chi connectivity index (χ0v) is 14.0. The first-order valence-corrected chi connectivity index (χ1v) is 9.22. The highest BCUT2D eigenvalue weighted by atomic mass is 32.2. The molecule has 0 unspecified atom stereocenters. The van der Waals surface area contributed by atoms with Crippen molar-refractivity contribution in [1.29, 1.82) is 0 Å². The lowest BCUT2D eigenvalue weighted by atomic mass is 10.1. The van der Waals surface area contributed by atoms with Gasteiger partial charge in [-0.05, 0) is 55.4 Å². The van der Waals surface area contributed by atoms with Crippen LogP contribution in [0.3, 0.4) is 0 Å². The van der Waals surface area contributed by atoms with Crippen LogP contribution >= 0.6 is 0 Å². The van der Waals surface area contributed by atoms with Crippen molar-refractivity contribution in [2.45, 2.75) is 22.8 Å². The van der Waals surface area contributed by atoms with Gasteiger partial charge in [-0.25, -0.2) is 8.42 Å². The average molecular weight is 343 g/mol. The number of benzene rings is 2. The van der Waals surface area contributed by atoms with Crippen molar-refractivity contribution in [1.82, 2.24) is 5.32 Å². The molecular formula is C18H17NO4S. The predicted octanol–water partition coefficient (Wildman–Crippen LogP) is 2.92. The SMILES string of the molecule is COc1ccc(S(=O)(=O)c2ccc3oc4c(c3c2)CCNC4)cc1. The minimum absolute atomic E-state index is 0.252. The van der Waals surface area contributed by atoms with Crippen LogP contribution in [0.2, 0.25) is 0 Å². The second kappa shape index (κ2) is 5.65. The molecule has 2 heterocycles. The van der Waals surface area contributed by atoms with Gasteiger partial charge >= 0.3 is 0 Å². The van der Waals surface area contributed by atoms with Crippen LogP contribution in [0.1, 0.15) is 11.3 Å². The number of rotatable bonds is 3. The molecule has 5 nitrogen and oxygen atoms in total. The molecule has 0 atom stereocenters. The van der Waals surface area contributed by atoms with E-state index in [2.05, 4.69) is 5.32 Å². The van der Waals surface area contributed by atoms with E-state index in [1.807, 2.05) is 0 Å². The highest BCUT2D eigenvalue weighted by Crippen LogP contribution is 2.32. The summed E-state index contributed by atoms with van der Waals surface area (Å²) in [5, 5.41) is 4.15. The zero-order chi connectivity index (χ0) is 16.7. The summed E-state index contributed by atoms with van der Waals surface area (Å²) in [6.45, 7) is 1.56. The molecule has 0 amide bonds. The third-order valence-electron chi connectivity index (χ3n) is 4.36. The van der Waals surface area contributed by atoms with E-state index in [4.69, 9.17) is 9.15 Å². The van der Waals surface area contributed by atoms with Gasteiger partial charge in [0.15, 0.2) is 0 Å². The number of fused-ring (bicyclic) bond motifs is 3. The number of hydrogen-bond donors (Lipinski definition) is 1. The summed E-state index contributed by atoms with van der Waals surface area (Å²) in [5.74, 6) is 1.52. The summed E-state index contributed by atoms with van der Waals surface area (Å²) >= 11 is 0. The topological polar surface area (TPSA) is 68.5 Å². The van der Waals surface area contributed by atoms with Crippen LogP contribution in [-0.2, 0) is 22.8 Å². The maximum absolute atomic E-state index is 12.9. The van der Waals surface area contributed by atoms with E-state index in [0.717, 1.165) is 35.3 Å². The van der Waals surface area contributed by atoms with Crippen LogP contribution in [0.25, 0.3) is 11.0 Å². The fraction of sp³-hybridized carbons (Fsp3) is 0.222. The minimum Gasteiger partial charge on any atom is -0.497 e. The van der Waals surface area contributed by atoms with Gasteiger partial charge in [-0.1, -0.05) is 0 Å². The van der Waals surface area contributed by atoms with E-state index in [9.17, 15) is 8.42 Å². The monoisotopic (exact) mass is 343 g/mol. The molecule has 1 aliphatic heterocycles. The highest BCUT2D eigenvalue weighted by molar-refractivity contribution is 7.91. The van der Waals surface area contributed by atoms with Gasteiger partial charge in [-0.15, -0.1) is 0 Å². The molecule has 0 spiro atoms. The first-order valence-electron chi connectivity index (χ1n) is 7.74. The maximum atomic E-state index is 12.9. The molecule has 0 fully saturated rings. The van der Waals surface area contributed by atoms with Gasteiger partial charge in [0.25, 0.3) is 0 Å². The van der Waals surface area contributed by atoms with E-state index >= 15 is 0 Å². The van der Waals surface area contributed by atoms with Crippen LogP contribution in [0.4, 0.5) is 0 Å². The summed E-state index contributed by atoms with van der Waals surface area (Å²) < 4.78 is 36.7. The molecule has 24 heavy (non-hydrogen) atoms. The molecule has 0 saturated heterocycles. The van der Waals surface area contributed by atoms with Gasteiger partial charge in [0.1, 0.15) is 17.1 Å². The Hall–Kier alpha value is -2.31. The van der Waals surface area contributed by atoms with Crippen molar-refractivity contribution >= 4 is 20.8 Å². The fourth-order valence-electron chi connectivity index (χ4n) is 3.07. The van der Waals surface area contributed by atoms with Gasteiger partial charge in [-0.2, -0.15) is 0 Å². The molecule has 0 saturated carbocycles. The highest BCUT2D eigenvalue weighted by Gasteiger charge is 2.22. The summed E-state index contributed by atoms with van der Waals surface area (Å²) in [7, 11) is -2.02. The molecule has 0 bridgehead atoms. The average Bonchev–Trinajstić information content (AvgIpc) is 2.99. The normalized spacial score (nSPS) is 14.5. The van der Waals surface area contributed by atoms with Gasteiger partial charge < -0.3 is 14.5 Å². The maximum Gasteiger partial charge on any atom is 0.206 e. The molecule has 1 aliphatic rings. The quantitative estimate of drug-likeness (QED) is 0.792. The molecular weight excluding hydrogens is 326 g/mol. The first-order chi connectivity index (χ1) is 11.6. The zero-order valence-electron chi connectivity index (χ0n) is 13.2. The lowest BCUT2D eigenvalue weighted by Crippen LogP contribution is -2.22. The van der Waals surface area contributed by atoms with Crippen LogP contribution in [0.5, 0.6) is 5.75 Å². The van der Waals surface area contributed by atoms with Crippen LogP contribution < -0.4 is 10.1 Å². The third-order valence-corrected chi connectivity index (χ3v) is 6.13. The van der Waals surface area contributed by atoms with Gasteiger partial charge in [0, 0.05) is 10.9 Å². The summed E-state index contributed by atoms with van der Waals surface area (Å²) in [6.07, 6.45) is 0.842. The molecule has 4 rings (SSSR count). The number of furan rings is 1. The van der Waals surface area contributed by atoms with Gasteiger partial charge in [-0.3, -0.25) is 0 Å². The van der Waals surface area contributed by atoms with E-state index in [1.54, 1.807) is 49.6 Å². The minimum atomic E-state index is -3.57. The van der Waals surface area contributed by atoms with Crippen molar-refractivity contribution in [3.05, 3.63) is 53.8 Å². The summed E-state index contributed by atoms with van der Waals surface area (Å²) in [5.41, 5.74) is 1.84. The van der Waals surface area contributed by atoms with Crippen molar-refractivity contribution in [2.75, 3.05) is 13.7 Å². The molecule has 0 radical (unpaired) electrons. The van der Waals surface area contributed by atoms with Gasteiger partial charge in [0.2, 0.25) is 9.84 Å². The Morgan fingerprint density at radius 1 is 1.08 bits per heavy atom. The summed E-state index contributed by atoms with van der Waals surface area (Å²) in [6, 6.07) is 11.5. The molecule has 1 N–H and O–H groups in total. The Labute approximate surface area is 140 Å². The van der Waals surface area contributed by atoms with Crippen LogP contribution in [0.15, 0.2) is 56.7 Å². The molecule has 3 aromatic rings. The van der Waals surface area contributed by atoms with Gasteiger partial charge in [0.05, 0.1) is 23.4 Å². The largest absolute Gasteiger partial charge is 0.497 e. The Morgan fingerprint density at radius 3 is 2.58 bits per heavy atom. The Morgan fingerprint density at radius 2 is 1.83 bits per heavy atom. The van der Waals surface area contributed by atoms with E-state index in [-0.39, 0.29) is 9.79 Å².